The van der Waals surface area contributed by atoms with Crippen LogP contribution in [0.3, 0.4) is 0 Å². The van der Waals surface area contributed by atoms with E-state index in [0.29, 0.717) is 22.4 Å². The molecule has 0 saturated carbocycles. The first-order valence-electron chi connectivity index (χ1n) is 6.10. The van der Waals surface area contributed by atoms with E-state index in [0.717, 1.165) is 17.0 Å². The lowest BCUT2D eigenvalue weighted by atomic mass is 10.2. The first-order chi connectivity index (χ1) is 9.49. The summed E-state index contributed by atoms with van der Waals surface area (Å²) in [6.07, 6.45) is 0. The van der Waals surface area contributed by atoms with Crippen LogP contribution < -0.4 is 4.74 Å². The smallest absolute Gasteiger partial charge is 0.207 e. The standard InChI is InChI=1S/C14H16ClNO3S/c1-9-10(2)19-14(16-9)8-20(17)7-11-6-12(15)4-5-13(11)18-3/h4-6H,7-8H2,1-3H3. The van der Waals surface area contributed by atoms with Crippen LogP contribution in [0.1, 0.15) is 22.9 Å². The van der Waals surface area contributed by atoms with Gasteiger partial charge in [0.05, 0.1) is 18.6 Å². The van der Waals surface area contributed by atoms with Crippen LogP contribution in [0.25, 0.3) is 0 Å². The van der Waals surface area contributed by atoms with Gasteiger partial charge in [0.15, 0.2) is 0 Å². The highest BCUT2D eigenvalue weighted by atomic mass is 35.5. The lowest BCUT2D eigenvalue weighted by Crippen LogP contribution is -2.02. The quantitative estimate of drug-likeness (QED) is 0.849. The molecule has 0 aliphatic rings. The van der Waals surface area contributed by atoms with Gasteiger partial charge in [-0.25, -0.2) is 4.98 Å². The predicted octanol–water partition coefficient (Wildman–Crippen LogP) is 3.40. The van der Waals surface area contributed by atoms with Crippen molar-refractivity contribution in [2.45, 2.75) is 25.4 Å². The van der Waals surface area contributed by atoms with E-state index in [4.69, 9.17) is 20.8 Å². The molecule has 0 bridgehead atoms. The van der Waals surface area contributed by atoms with E-state index >= 15 is 0 Å². The van der Waals surface area contributed by atoms with E-state index in [1.807, 2.05) is 13.8 Å². The zero-order valence-corrected chi connectivity index (χ0v) is 13.2. The fourth-order valence-corrected chi connectivity index (χ4v) is 3.09. The number of hydrogen-bond donors (Lipinski definition) is 0. The highest BCUT2D eigenvalue weighted by Gasteiger charge is 2.13. The van der Waals surface area contributed by atoms with E-state index in [1.165, 1.54) is 0 Å². The van der Waals surface area contributed by atoms with Gasteiger partial charge in [0.2, 0.25) is 5.89 Å². The van der Waals surface area contributed by atoms with Crippen LogP contribution in [0, 0.1) is 13.8 Å². The van der Waals surface area contributed by atoms with Crippen LogP contribution in [-0.4, -0.2) is 16.3 Å². The molecule has 0 radical (unpaired) electrons. The molecule has 6 heteroatoms. The number of nitrogens with zero attached hydrogens (tertiary/aromatic N) is 1. The van der Waals surface area contributed by atoms with Crippen molar-refractivity contribution < 1.29 is 13.4 Å². The van der Waals surface area contributed by atoms with Crippen molar-refractivity contribution in [3.63, 3.8) is 0 Å². The minimum atomic E-state index is -1.13. The molecule has 1 aromatic heterocycles. The molecular weight excluding hydrogens is 298 g/mol. The average Bonchev–Trinajstić information content (AvgIpc) is 2.68. The summed E-state index contributed by atoms with van der Waals surface area (Å²) in [6.45, 7) is 3.71. The van der Waals surface area contributed by atoms with Gasteiger partial charge in [0, 0.05) is 21.4 Å². The molecule has 2 rings (SSSR count). The summed E-state index contributed by atoms with van der Waals surface area (Å²) in [4.78, 5) is 4.23. The largest absolute Gasteiger partial charge is 0.496 e. The van der Waals surface area contributed by atoms with E-state index in [1.54, 1.807) is 25.3 Å². The maximum absolute atomic E-state index is 12.2. The van der Waals surface area contributed by atoms with Gasteiger partial charge in [0.25, 0.3) is 0 Å². The number of methoxy groups -OCH3 is 1. The molecule has 4 nitrogen and oxygen atoms in total. The lowest BCUT2D eigenvalue weighted by molar-refractivity contribution is 0.411. The van der Waals surface area contributed by atoms with Crippen molar-refractivity contribution in [1.82, 2.24) is 4.98 Å². The summed E-state index contributed by atoms with van der Waals surface area (Å²) in [7, 11) is 0.448. The van der Waals surface area contributed by atoms with Crippen LogP contribution in [0.5, 0.6) is 5.75 Å². The van der Waals surface area contributed by atoms with Crippen LogP contribution in [0.4, 0.5) is 0 Å². The Hall–Kier alpha value is -1.33. The lowest BCUT2D eigenvalue weighted by Gasteiger charge is -2.08. The molecule has 20 heavy (non-hydrogen) atoms. The number of rotatable bonds is 5. The first-order valence-corrected chi connectivity index (χ1v) is 7.96. The van der Waals surface area contributed by atoms with Gasteiger partial charge in [0.1, 0.15) is 17.3 Å². The van der Waals surface area contributed by atoms with Crippen LogP contribution >= 0.6 is 11.6 Å². The van der Waals surface area contributed by atoms with Crippen LogP contribution in [0.2, 0.25) is 5.02 Å². The highest BCUT2D eigenvalue weighted by Crippen LogP contribution is 2.24. The van der Waals surface area contributed by atoms with Gasteiger partial charge < -0.3 is 9.15 Å². The third kappa shape index (κ3) is 3.61. The highest BCUT2D eigenvalue weighted by molar-refractivity contribution is 7.83. The number of halogens is 1. The van der Waals surface area contributed by atoms with Gasteiger partial charge in [-0.2, -0.15) is 0 Å². The third-order valence-corrected chi connectivity index (χ3v) is 4.35. The van der Waals surface area contributed by atoms with Crippen LogP contribution in [0.15, 0.2) is 22.6 Å². The van der Waals surface area contributed by atoms with Gasteiger partial charge >= 0.3 is 0 Å². The summed E-state index contributed by atoms with van der Waals surface area (Å²) >= 11 is 5.96. The average molecular weight is 314 g/mol. The summed E-state index contributed by atoms with van der Waals surface area (Å²) in [6, 6.07) is 5.28. The van der Waals surface area contributed by atoms with Crippen molar-refractivity contribution >= 4 is 22.4 Å². The molecule has 1 atom stereocenters. The molecule has 1 heterocycles. The van der Waals surface area contributed by atoms with E-state index in [-0.39, 0.29) is 5.75 Å². The number of aryl methyl sites for hydroxylation is 2. The first kappa shape index (κ1) is 15.1. The second-order valence-corrected chi connectivity index (χ2v) is 6.33. The molecular formula is C14H16ClNO3S. The summed E-state index contributed by atoms with van der Waals surface area (Å²) in [5, 5.41) is 0.598. The number of oxazole rings is 1. The molecule has 0 N–H and O–H groups in total. The topological polar surface area (TPSA) is 52.3 Å². The number of aromatic nitrogens is 1. The Kier molecular flexibility index (Phi) is 4.83. The maximum Gasteiger partial charge on any atom is 0.207 e. The predicted molar refractivity (Wildman–Crippen MR) is 79.5 cm³/mol. The normalized spacial score (nSPS) is 12.4. The number of benzene rings is 1. The molecule has 2 aromatic rings. The molecule has 0 aliphatic heterocycles. The second kappa shape index (κ2) is 6.41. The van der Waals surface area contributed by atoms with Gasteiger partial charge in [-0.15, -0.1) is 0 Å². The van der Waals surface area contributed by atoms with Gasteiger partial charge in [-0.05, 0) is 32.0 Å². The number of hydrogen-bond acceptors (Lipinski definition) is 4. The minimum Gasteiger partial charge on any atom is -0.496 e. The summed E-state index contributed by atoms with van der Waals surface area (Å²) in [5.74, 6) is 2.58. The van der Waals surface area contributed by atoms with Crippen molar-refractivity contribution in [2.24, 2.45) is 0 Å². The van der Waals surface area contributed by atoms with E-state index < -0.39 is 10.8 Å². The SMILES string of the molecule is COc1ccc(Cl)cc1CS(=O)Cc1nc(C)c(C)o1. The van der Waals surface area contributed by atoms with Crippen molar-refractivity contribution in [3.05, 3.63) is 46.1 Å². The van der Waals surface area contributed by atoms with Crippen LogP contribution in [-0.2, 0) is 22.3 Å². The third-order valence-electron chi connectivity index (χ3n) is 2.92. The molecule has 1 unspecified atom stereocenters. The molecule has 0 saturated heterocycles. The van der Waals surface area contributed by atoms with Gasteiger partial charge in [-0.3, -0.25) is 4.21 Å². The summed E-state index contributed by atoms with van der Waals surface area (Å²) < 4.78 is 22.9. The molecule has 0 aliphatic carbocycles. The van der Waals surface area contributed by atoms with E-state index in [9.17, 15) is 4.21 Å². The molecule has 0 fully saturated rings. The minimum absolute atomic E-state index is 0.282. The van der Waals surface area contributed by atoms with Gasteiger partial charge in [-0.1, -0.05) is 11.6 Å². The zero-order chi connectivity index (χ0) is 14.7. The maximum atomic E-state index is 12.2. The van der Waals surface area contributed by atoms with E-state index in [2.05, 4.69) is 4.98 Å². The Morgan fingerprint density at radius 3 is 2.70 bits per heavy atom. The Morgan fingerprint density at radius 1 is 1.35 bits per heavy atom. The molecule has 108 valence electrons. The molecule has 0 amide bonds. The monoisotopic (exact) mass is 313 g/mol. The fraction of sp³-hybridized carbons (Fsp3) is 0.357. The Bertz CT molecular complexity index is 620. The molecule has 1 aromatic carbocycles. The van der Waals surface area contributed by atoms with Crippen molar-refractivity contribution in [3.8, 4) is 5.75 Å². The van der Waals surface area contributed by atoms with Crippen molar-refractivity contribution in [2.75, 3.05) is 7.11 Å². The van der Waals surface area contributed by atoms with Crippen molar-refractivity contribution in [1.29, 1.82) is 0 Å². The molecule has 0 spiro atoms. The Morgan fingerprint density at radius 2 is 2.10 bits per heavy atom. The second-order valence-electron chi connectivity index (χ2n) is 4.43. The zero-order valence-electron chi connectivity index (χ0n) is 11.6. The Labute approximate surface area is 125 Å². The summed E-state index contributed by atoms with van der Waals surface area (Å²) in [5.41, 5.74) is 1.65. The number of ether oxygens (including phenoxy) is 1. The Balaban J connectivity index is 2.10. The fourth-order valence-electron chi connectivity index (χ4n) is 1.82.